The second kappa shape index (κ2) is 6.50. The number of carboxylic acids is 1. The summed E-state index contributed by atoms with van der Waals surface area (Å²) in [6, 6.07) is 15.4. The molecule has 4 rings (SSSR count). The highest BCUT2D eigenvalue weighted by Gasteiger charge is 2.47. The number of nitrogens with zero attached hydrogens (tertiary/aromatic N) is 2. The predicted octanol–water partition coefficient (Wildman–Crippen LogP) is 2.55. The number of sulfonamides is 1. The third-order valence-corrected chi connectivity index (χ3v) is 7.00. The van der Waals surface area contributed by atoms with E-state index in [1.807, 2.05) is 30.3 Å². The van der Waals surface area contributed by atoms with Gasteiger partial charge in [-0.15, -0.1) is 0 Å². The van der Waals surface area contributed by atoms with Crippen LogP contribution in [0.15, 0.2) is 59.5 Å². The van der Waals surface area contributed by atoms with E-state index in [-0.39, 0.29) is 22.7 Å². The van der Waals surface area contributed by atoms with Crippen LogP contribution in [0.1, 0.15) is 34.9 Å². The molecule has 6 nitrogen and oxygen atoms in total. The van der Waals surface area contributed by atoms with E-state index in [1.54, 1.807) is 0 Å². The van der Waals surface area contributed by atoms with Gasteiger partial charge in [0.1, 0.15) is 6.17 Å². The van der Waals surface area contributed by atoms with Crippen molar-refractivity contribution in [2.75, 3.05) is 13.1 Å². The summed E-state index contributed by atoms with van der Waals surface area (Å²) in [5, 5.41) is 9.18. The standard InChI is InChI=1S/C19H20N2O4S/c22-19(23)15-8-4-10-17(12-15)26(24,25)21-13-16-9-5-11-20(16)18(21)14-6-2-1-3-7-14/h1-4,6-8,10,12,16,18H,5,9,11,13H2,(H,22,23). The van der Waals surface area contributed by atoms with E-state index in [4.69, 9.17) is 0 Å². The summed E-state index contributed by atoms with van der Waals surface area (Å²) < 4.78 is 28.2. The van der Waals surface area contributed by atoms with Gasteiger partial charge in [-0.3, -0.25) is 4.90 Å². The van der Waals surface area contributed by atoms with Gasteiger partial charge in [-0.05, 0) is 36.6 Å². The number of fused-ring (bicyclic) bond motifs is 1. The van der Waals surface area contributed by atoms with Crippen molar-refractivity contribution in [1.82, 2.24) is 9.21 Å². The first-order valence-electron chi connectivity index (χ1n) is 8.64. The molecule has 0 amide bonds. The summed E-state index contributed by atoms with van der Waals surface area (Å²) >= 11 is 0. The van der Waals surface area contributed by atoms with Crippen LogP contribution in [0.25, 0.3) is 0 Å². The highest BCUT2D eigenvalue weighted by molar-refractivity contribution is 7.89. The van der Waals surface area contributed by atoms with Crippen molar-refractivity contribution in [2.24, 2.45) is 0 Å². The third kappa shape index (κ3) is 2.82. The van der Waals surface area contributed by atoms with Crippen molar-refractivity contribution < 1.29 is 18.3 Å². The van der Waals surface area contributed by atoms with Gasteiger partial charge in [0.25, 0.3) is 0 Å². The van der Waals surface area contributed by atoms with Gasteiger partial charge >= 0.3 is 5.97 Å². The molecule has 2 aromatic rings. The summed E-state index contributed by atoms with van der Waals surface area (Å²) in [6.07, 6.45) is 1.70. The topological polar surface area (TPSA) is 77.9 Å². The molecular weight excluding hydrogens is 352 g/mol. The molecule has 0 spiro atoms. The smallest absolute Gasteiger partial charge is 0.335 e. The first-order chi connectivity index (χ1) is 12.5. The summed E-state index contributed by atoms with van der Waals surface area (Å²) in [5.41, 5.74) is 0.914. The Morgan fingerprint density at radius 3 is 2.58 bits per heavy atom. The molecule has 0 aromatic heterocycles. The highest BCUT2D eigenvalue weighted by Crippen LogP contribution is 2.41. The summed E-state index contributed by atoms with van der Waals surface area (Å²) in [6.45, 7) is 1.30. The molecule has 0 saturated carbocycles. The number of carbonyl (C=O) groups is 1. The lowest BCUT2D eigenvalue weighted by Crippen LogP contribution is -2.35. The molecule has 1 N–H and O–H groups in total. The molecule has 2 fully saturated rings. The molecule has 2 aliphatic rings. The molecule has 2 unspecified atom stereocenters. The van der Waals surface area contributed by atoms with Crippen molar-refractivity contribution in [3.05, 3.63) is 65.7 Å². The number of benzene rings is 2. The maximum absolute atomic E-state index is 13.3. The van der Waals surface area contributed by atoms with Crippen LogP contribution in [0.3, 0.4) is 0 Å². The molecule has 0 aliphatic carbocycles. The fraction of sp³-hybridized carbons (Fsp3) is 0.316. The van der Waals surface area contributed by atoms with Crippen molar-refractivity contribution in [3.8, 4) is 0 Å². The minimum absolute atomic E-state index is 0.0259. The van der Waals surface area contributed by atoms with E-state index in [0.717, 1.165) is 24.9 Å². The van der Waals surface area contributed by atoms with E-state index in [0.29, 0.717) is 6.54 Å². The van der Waals surface area contributed by atoms with Crippen molar-refractivity contribution >= 4 is 16.0 Å². The maximum Gasteiger partial charge on any atom is 0.335 e. The third-order valence-electron chi connectivity index (χ3n) is 5.19. The molecule has 2 aliphatic heterocycles. The van der Waals surface area contributed by atoms with Crippen molar-refractivity contribution in [3.63, 3.8) is 0 Å². The number of carboxylic acid groups (broad SMARTS) is 1. The number of aromatic carboxylic acids is 1. The zero-order chi connectivity index (χ0) is 18.3. The normalized spacial score (nSPS) is 23.8. The van der Waals surface area contributed by atoms with Gasteiger partial charge in [0.2, 0.25) is 10.0 Å². The zero-order valence-electron chi connectivity index (χ0n) is 14.2. The molecular formula is C19H20N2O4S. The van der Waals surface area contributed by atoms with Crippen LogP contribution >= 0.6 is 0 Å². The molecule has 2 aromatic carbocycles. The first kappa shape index (κ1) is 17.2. The molecule has 0 radical (unpaired) electrons. The van der Waals surface area contributed by atoms with E-state index in [2.05, 4.69) is 4.90 Å². The Balaban J connectivity index is 1.77. The summed E-state index contributed by atoms with van der Waals surface area (Å²) in [4.78, 5) is 13.5. The second-order valence-electron chi connectivity index (χ2n) is 6.73. The molecule has 2 saturated heterocycles. The lowest BCUT2D eigenvalue weighted by molar-refractivity contribution is 0.0696. The Morgan fingerprint density at radius 1 is 1.08 bits per heavy atom. The van der Waals surface area contributed by atoms with Gasteiger partial charge in [0.15, 0.2) is 0 Å². The van der Waals surface area contributed by atoms with Gasteiger partial charge in [-0.1, -0.05) is 36.4 Å². The molecule has 2 atom stereocenters. The fourth-order valence-corrected chi connectivity index (χ4v) is 5.66. The van der Waals surface area contributed by atoms with E-state index in [9.17, 15) is 18.3 Å². The molecule has 2 heterocycles. The van der Waals surface area contributed by atoms with Crippen LogP contribution in [0.4, 0.5) is 0 Å². The minimum Gasteiger partial charge on any atom is -0.478 e. The molecule has 0 bridgehead atoms. The highest BCUT2D eigenvalue weighted by atomic mass is 32.2. The summed E-state index contributed by atoms with van der Waals surface area (Å²) in [7, 11) is -3.81. The predicted molar refractivity (Wildman–Crippen MR) is 96.2 cm³/mol. The average molecular weight is 372 g/mol. The lowest BCUT2D eigenvalue weighted by atomic mass is 10.1. The van der Waals surface area contributed by atoms with Gasteiger partial charge in [0.05, 0.1) is 10.5 Å². The maximum atomic E-state index is 13.3. The van der Waals surface area contributed by atoms with Crippen LogP contribution in [-0.2, 0) is 10.0 Å². The zero-order valence-corrected chi connectivity index (χ0v) is 15.0. The minimum atomic E-state index is -3.81. The van der Waals surface area contributed by atoms with Gasteiger partial charge in [-0.2, -0.15) is 4.31 Å². The average Bonchev–Trinajstić information content (AvgIpc) is 3.23. The quantitative estimate of drug-likeness (QED) is 0.892. The Hall–Kier alpha value is -2.22. The van der Waals surface area contributed by atoms with Crippen molar-refractivity contribution in [2.45, 2.75) is 29.9 Å². The van der Waals surface area contributed by atoms with Gasteiger partial charge in [0, 0.05) is 19.1 Å². The van der Waals surface area contributed by atoms with Crippen LogP contribution in [0.5, 0.6) is 0 Å². The Bertz CT molecular complexity index is 930. The summed E-state index contributed by atoms with van der Waals surface area (Å²) in [5.74, 6) is -1.14. The monoisotopic (exact) mass is 372 g/mol. The van der Waals surface area contributed by atoms with Crippen LogP contribution in [0.2, 0.25) is 0 Å². The second-order valence-corrected chi connectivity index (χ2v) is 8.62. The number of hydrogen-bond donors (Lipinski definition) is 1. The number of rotatable bonds is 4. The Morgan fingerprint density at radius 2 is 1.85 bits per heavy atom. The van der Waals surface area contributed by atoms with Crippen LogP contribution in [-0.4, -0.2) is 47.8 Å². The number of hydrogen-bond acceptors (Lipinski definition) is 4. The van der Waals surface area contributed by atoms with Gasteiger partial charge in [-0.25, -0.2) is 13.2 Å². The molecule has 26 heavy (non-hydrogen) atoms. The van der Waals surface area contributed by atoms with E-state index in [1.165, 1.54) is 28.6 Å². The molecule has 7 heteroatoms. The molecule has 136 valence electrons. The Kier molecular flexibility index (Phi) is 4.30. The lowest BCUT2D eigenvalue weighted by Gasteiger charge is -2.29. The Labute approximate surface area is 152 Å². The first-order valence-corrected chi connectivity index (χ1v) is 10.1. The van der Waals surface area contributed by atoms with Crippen LogP contribution in [0, 0.1) is 0 Å². The van der Waals surface area contributed by atoms with E-state index >= 15 is 0 Å². The van der Waals surface area contributed by atoms with Crippen LogP contribution < -0.4 is 0 Å². The fourth-order valence-electron chi connectivity index (χ4n) is 3.99. The van der Waals surface area contributed by atoms with Crippen molar-refractivity contribution in [1.29, 1.82) is 0 Å². The van der Waals surface area contributed by atoms with Gasteiger partial charge < -0.3 is 5.11 Å². The largest absolute Gasteiger partial charge is 0.478 e. The SMILES string of the molecule is O=C(O)c1cccc(S(=O)(=O)N2CC3CCCN3C2c2ccccc2)c1. The van der Waals surface area contributed by atoms with E-state index < -0.39 is 16.0 Å².